The molecule has 3 aromatic rings. The third kappa shape index (κ3) is 4.24. The molecular weight excluding hydrogens is 390 g/mol. The van der Waals surface area contributed by atoms with E-state index in [2.05, 4.69) is 35.5 Å². The number of rotatable bonds is 6. The summed E-state index contributed by atoms with van der Waals surface area (Å²) in [6, 6.07) is 15.6. The van der Waals surface area contributed by atoms with Gasteiger partial charge < -0.3 is 10.1 Å². The van der Waals surface area contributed by atoms with Gasteiger partial charge in [-0.1, -0.05) is 35.9 Å². The molecule has 0 bridgehead atoms. The number of nitrogens with one attached hydrogen (secondary N) is 1. The molecule has 2 saturated carbocycles. The second-order valence-electron chi connectivity index (χ2n) is 8.56. The molecule has 6 nitrogen and oxygen atoms in total. The zero-order chi connectivity index (χ0) is 21.4. The van der Waals surface area contributed by atoms with Crippen LogP contribution in [-0.4, -0.2) is 21.7 Å². The summed E-state index contributed by atoms with van der Waals surface area (Å²) >= 11 is 0. The summed E-state index contributed by atoms with van der Waals surface area (Å²) in [5, 5.41) is 7.24. The monoisotopic (exact) mass is 415 g/mol. The van der Waals surface area contributed by atoms with Gasteiger partial charge in [0.15, 0.2) is 5.75 Å². The largest absolute Gasteiger partial charge is 0.420 e. The molecule has 31 heavy (non-hydrogen) atoms. The lowest BCUT2D eigenvalue weighted by Crippen LogP contribution is -2.17. The first-order valence-electron chi connectivity index (χ1n) is 10.8. The fourth-order valence-electron chi connectivity index (χ4n) is 4.10. The number of aryl methyl sites for hydroxylation is 1. The van der Waals surface area contributed by atoms with Gasteiger partial charge in [-0.25, -0.2) is 4.79 Å². The average Bonchev–Trinajstić information content (AvgIpc) is 3.41. The number of ether oxygens (including phenoxy) is 1. The molecule has 6 heteroatoms. The Morgan fingerprint density at radius 2 is 1.97 bits per heavy atom. The first-order chi connectivity index (χ1) is 15.1. The van der Waals surface area contributed by atoms with Gasteiger partial charge in [0.05, 0.1) is 24.0 Å². The van der Waals surface area contributed by atoms with E-state index in [0.29, 0.717) is 23.0 Å². The first kappa shape index (κ1) is 19.5. The van der Waals surface area contributed by atoms with Crippen LogP contribution in [0.3, 0.4) is 0 Å². The van der Waals surface area contributed by atoms with Gasteiger partial charge in [0.1, 0.15) is 0 Å². The number of carbonyl (C=O) groups excluding carboxylic acids is 2. The molecule has 5 rings (SSSR count). The highest BCUT2D eigenvalue weighted by Crippen LogP contribution is 2.48. The van der Waals surface area contributed by atoms with Gasteiger partial charge in [0.2, 0.25) is 5.91 Å². The maximum absolute atomic E-state index is 12.7. The number of benzene rings is 2. The van der Waals surface area contributed by atoms with Crippen molar-refractivity contribution in [2.45, 2.75) is 44.6 Å². The summed E-state index contributed by atoms with van der Waals surface area (Å²) < 4.78 is 7.33. The van der Waals surface area contributed by atoms with E-state index in [9.17, 15) is 9.59 Å². The molecule has 1 heterocycles. The summed E-state index contributed by atoms with van der Waals surface area (Å²) in [6.07, 6.45) is 7.63. The molecule has 2 unspecified atom stereocenters. The van der Waals surface area contributed by atoms with Gasteiger partial charge in [-0.2, -0.15) is 5.10 Å². The summed E-state index contributed by atoms with van der Waals surface area (Å²) in [5.41, 5.74) is 3.40. The Labute approximate surface area is 181 Å². The summed E-state index contributed by atoms with van der Waals surface area (Å²) in [7, 11) is 0. The number of hydrogen-bond donors (Lipinski definition) is 1. The van der Waals surface area contributed by atoms with Crippen LogP contribution in [0.5, 0.6) is 5.75 Å². The second-order valence-corrected chi connectivity index (χ2v) is 8.56. The Morgan fingerprint density at radius 3 is 2.74 bits per heavy atom. The number of nitrogens with zero attached hydrogens (tertiary/aromatic N) is 2. The highest BCUT2D eigenvalue weighted by Gasteiger charge is 2.43. The van der Waals surface area contributed by atoms with Crippen LogP contribution >= 0.6 is 0 Å². The lowest BCUT2D eigenvalue weighted by molar-refractivity contribution is -0.117. The van der Waals surface area contributed by atoms with Crippen molar-refractivity contribution in [1.29, 1.82) is 0 Å². The van der Waals surface area contributed by atoms with Gasteiger partial charge in [-0.05, 0) is 62.3 Å². The van der Waals surface area contributed by atoms with E-state index in [-0.39, 0.29) is 17.7 Å². The molecule has 2 aromatic carbocycles. The summed E-state index contributed by atoms with van der Waals surface area (Å²) in [6.45, 7) is 2.06. The number of anilines is 1. The van der Waals surface area contributed by atoms with Crippen molar-refractivity contribution in [3.63, 3.8) is 0 Å². The van der Waals surface area contributed by atoms with E-state index in [1.165, 1.54) is 17.5 Å². The molecule has 158 valence electrons. The maximum atomic E-state index is 12.7. The van der Waals surface area contributed by atoms with Gasteiger partial charge in [-0.15, -0.1) is 0 Å². The molecule has 2 aliphatic rings. The van der Waals surface area contributed by atoms with Crippen molar-refractivity contribution in [3.8, 4) is 5.75 Å². The van der Waals surface area contributed by atoms with Crippen LogP contribution in [0.1, 0.15) is 59.1 Å². The minimum absolute atomic E-state index is 0.0150. The van der Waals surface area contributed by atoms with Crippen LogP contribution in [0.25, 0.3) is 0 Å². The molecule has 0 saturated heterocycles. The molecule has 1 amide bonds. The predicted octanol–water partition coefficient (Wildman–Crippen LogP) is 4.88. The summed E-state index contributed by atoms with van der Waals surface area (Å²) in [4.78, 5) is 25.2. The van der Waals surface area contributed by atoms with E-state index >= 15 is 0 Å². The standard InChI is InChI=1S/C25H25N3O3/c1-16-5-2-6-17(11-16)22-13-23(22)24(29)27-19-8-3-7-18(12-19)25(30)31-21-14-26-28(15-21)20-9-4-10-20/h2-3,5-8,11-12,14-15,20,22-23H,4,9-10,13H2,1H3,(H,27,29). The molecule has 0 aliphatic heterocycles. The average molecular weight is 415 g/mol. The normalized spacial score (nSPS) is 20.0. The van der Waals surface area contributed by atoms with Crippen LogP contribution in [-0.2, 0) is 4.79 Å². The molecule has 1 N–H and O–H groups in total. The van der Waals surface area contributed by atoms with E-state index in [1.54, 1.807) is 36.7 Å². The van der Waals surface area contributed by atoms with Crippen molar-refractivity contribution in [1.82, 2.24) is 9.78 Å². The zero-order valence-corrected chi connectivity index (χ0v) is 17.5. The topological polar surface area (TPSA) is 73.2 Å². The molecule has 1 aromatic heterocycles. The highest BCUT2D eigenvalue weighted by molar-refractivity contribution is 5.97. The minimum atomic E-state index is -0.465. The van der Waals surface area contributed by atoms with Crippen LogP contribution in [0, 0.1) is 12.8 Å². The van der Waals surface area contributed by atoms with E-state index in [1.807, 2.05) is 10.7 Å². The fourth-order valence-corrected chi connectivity index (χ4v) is 4.10. The van der Waals surface area contributed by atoms with Crippen LogP contribution in [0.4, 0.5) is 5.69 Å². The van der Waals surface area contributed by atoms with Gasteiger partial charge in [-0.3, -0.25) is 9.48 Å². The molecule has 2 atom stereocenters. The third-order valence-electron chi connectivity index (χ3n) is 6.20. The third-order valence-corrected chi connectivity index (χ3v) is 6.20. The van der Waals surface area contributed by atoms with Gasteiger partial charge >= 0.3 is 5.97 Å². The molecular formula is C25H25N3O3. The van der Waals surface area contributed by atoms with Crippen molar-refractivity contribution in [2.75, 3.05) is 5.32 Å². The van der Waals surface area contributed by atoms with E-state index in [4.69, 9.17) is 4.74 Å². The number of aromatic nitrogens is 2. The van der Waals surface area contributed by atoms with E-state index < -0.39 is 5.97 Å². The molecule has 2 fully saturated rings. The van der Waals surface area contributed by atoms with Crippen LogP contribution < -0.4 is 10.1 Å². The fraction of sp³-hybridized carbons (Fsp3) is 0.320. The lowest BCUT2D eigenvalue weighted by atomic mass is 9.93. The van der Waals surface area contributed by atoms with Crippen molar-refractivity contribution in [2.24, 2.45) is 5.92 Å². The Balaban J connectivity index is 1.20. The molecule has 0 spiro atoms. The van der Waals surface area contributed by atoms with E-state index in [0.717, 1.165) is 19.3 Å². The number of carbonyl (C=O) groups is 2. The number of hydrogen-bond acceptors (Lipinski definition) is 4. The Hall–Kier alpha value is -3.41. The van der Waals surface area contributed by atoms with Crippen molar-refractivity contribution < 1.29 is 14.3 Å². The first-order valence-corrected chi connectivity index (χ1v) is 10.8. The second kappa shape index (κ2) is 8.02. The van der Waals surface area contributed by atoms with Crippen LogP contribution in [0.2, 0.25) is 0 Å². The smallest absolute Gasteiger partial charge is 0.343 e. The number of esters is 1. The Morgan fingerprint density at radius 1 is 1.13 bits per heavy atom. The quantitative estimate of drug-likeness (QED) is 0.583. The van der Waals surface area contributed by atoms with Crippen molar-refractivity contribution >= 4 is 17.6 Å². The predicted molar refractivity (Wildman–Crippen MR) is 117 cm³/mol. The maximum Gasteiger partial charge on any atom is 0.343 e. The zero-order valence-electron chi connectivity index (χ0n) is 17.5. The summed E-state index contributed by atoms with van der Waals surface area (Å²) in [5.74, 6) is 0.187. The minimum Gasteiger partial charge on any atom is -0.420 e. The van der Waals surface area contributed by atoms with Gasteiger partial charge in [0.25, 0.3) is 0 Å². The molecule has 0 radical (unpaired) electrons. The lowest BCUT2D eigenvalue weighted by Gasteiger charge is -2.25. The SMILES string of the molecule is Cc1cccc(C2CC2C(=O)Nc2cccc(C(=O)Oc3cnn(C4CCC4)c3)c2)c1. The van der Waals surface area contributed by atoms with Crippen molar-refractivity contribution in [3.05, 3.63) is 77.6 Å². The van der Waals surface area contributed by atoms with Gasteiger partial charge in [0, 0.05) is 11.6 Å². The Kier molecular flexibility index (Phi) is 5.06. The van der Waals surface area contributed by atoms with Crippen LogP contribution in [0.15, 0.2) is 60.9 Å². The highest BCUT2D eigenvalue weighted by atomic mass is 16.5. The molecule has 2 aliphatic carbocycles. The number of amides is 1. The Bertz CT molecular complexity index is 1130.